The van der Waals surface area contributed by atoms with Crippen LogP contribution < -0.4 is 10.6 Å². The highest BCUT2D eigenvalue weighted by Gasteiger charge is 2.26. The van der Waals surface area contributed by atoms with Crippen molar-refractivity contribution >= 4 is 27.3 Å². The number of anilines is 1. The Labute approximate surface area is 173 Å². The van der Waals surface area contributed by atoms with Crippen LogP contribution in [0.4, 0.5) is 14.5 Å². The molecule has 30 heavy (non-hydrogen) atoms. The zero-order valence-corrected chi connectivity index (χ0v) is 16.9. The van der Waals surface area contributed by atoms with E-state index in [-0.39, 0.29) is 23.9 Å². The highest BCUT2D eigenvalue weighted by Crippen LogP contribution is 2.26. The summed E-state index contributed by atoms with van der Waals surface area (Å²) in [6, 6.07) is 11.4. The van der Waals surface area contributed by atoms with E-state index in [4.69, 9.17) is 0 Å². The van der Waals surface area contributed by atoms with Gasteiger partial charge in [-0.25, -0.2) is 8.42 Å². The van der Waals surface area contributed by atoms with Gasteiger partial charge in [0.25, 0.3) is 5.91 Å². The summed E-state index contributed by atoms with van der Waals surface area (Å²) in [6.45, 7) is 0.184. The number of rotatable bonds is 7. The molecule has 2 amide bonds. The van der Waals surface area contributed by atoms with Crippen molar-refractivity contribution in [3.05, 3.63) is 59.7 Å². The molecule has 1 fully saturated rings. The third-order valence-corrected chi connectivity index (χ3v) is 6.45. The molecule has 0 aliphatic heterocycles. The van der Waals surface area contributed by atoms with Crippen LogP contribution in [0.5, 0.6) is 0 Å². The fraction of sp³-hybridized carbons (Fsp3) is 0.333. The minimum atomic E-state index is -4.70. The number of carbonyl (C=O) groups is 2. The van der Waals surface area contributed by atoms with Crippen molar-refractivity contribution in [2.75, 3.05) is 5.32 Å². The molecule has 2 aromatic rings. The molecule has 0 unspecified atom stereocenters. The molecule has 6 nitrogen and oxygen atoms in total. The average molecular weight is 436 g/mol. The summed E-state index contributed by atoms with van der Waals surface area (Å²) in [6.07, 6.45) is 3.94. The number of benzene rings is 2. The van der Waals surface area contributed by atoms with Crippen LogP contribution in [0.25, 0.3) is 0 Å². The monoisotopic (exact) mass is 436 g/mol. The van der Waals surface area contributed by atoms with Crippen molar-refractivity contribution in [1.82, 2.24) is 5.32 Å². The second-order valence-corrected chi connectivity index (χ2v) is 9.10. The third kappa shape index (κ3) is 5.21. The highest BCUT2D eigenvalue weighted by molar-refractivity contribution is 7.91. The normalized spacial score (nSPS) is 14.6. The molecule has 0 radical (unpaired) electrons. The van der Waals surface area contributed by atoms with Crippen LogP contribution >= 0.6 is 0 Å². The Balaban J connectivity index is 1.59. The zero-order chi connectivity index (χ0) is 21.7. The zero-order valence-electron chi connectivity index (χ0n) is 16.1. The number of halogens is 2. The Morgan fingerprint density at radius 1 is 1.03 bits per heavy atom. The Bertz CT molecular complexity index is 1020. The molecule has 0 bridgehead atoms. The molecule has 3 rings (SSSR count). The van der Waals surface area contributed by atoms with Crippen molar-refractivity contribution in [2.24, 2.45) is 5.92 Å². The molecule has 0 saturated heterocycles. The van der Waals surface area contributed by atoms with Gasteiger partial charge in [0.1, 0.15) is 0 Å². The van der Waals surface area contributed by atoms with Gasteiger partial charge in [0.05, 0.1) is 4.90 Å². The Hall–Kier alpha value is -2.81. The van der Waals surface area contributed by atoms with Gasteiger partial charge in [-0.3, -0.25) is 9.59 Å². The summed E-state index contributed by atoms with van der Waals surface area (Å²) in [5.74, 6) is -3.94. The van der Waals surface area contributed by atoms with Gasteiger partial charge in [0, 0.05) is 23.7 Å². The summed E-state index contributed by atoms with van der Waals surface area (Å²) < 4.78 is 48.0. The fourth-order valence-electron chi connectivity index (χ4n) is 3.37. The van der Waals surface area contributed by atoms with Gasteiger partial charge in [-0.2, -0.15) is 8.78 Å². The topological polar surface area (TPSA) is 92.3 Å². The lowest BCUT2D eigenvalue weighted by molar-refractivity contribution is -0.119. The van der Waals surface area contributed by atoms with Crippen molar-refractivity contribution < 1.29 is 26.8 Å². The predicted molar refractivity (Wildman–Crippen MR) is 108 cm³/mol. The maximum Gasteiger partial charge on any atom is 0.341 e. The molecule has 2 aromatic carbocycles. The second kappa shape index (κ2) is 9.34. The van der Waals surface area contributed by atoms with Crippen LogP contribution in [0.2, 0.25) is 0 Å². The molecular formula is C21H22F2N2O4S. The van der Waals surface area contributed by atoms with Crippen molar-refractivity contribution in [2.45, 2.75) is 42.9 Å². The van der Waals surface area contributed by atoms with Gasteiger partial charge in [0.2, 0.25) is 15.7 Å². The maximum atomic E-state index is 12.6. The average Bonchev–Trinajstić information content (AvgIpc) is 3.27. The molecule has 2 N–H and O–H groups in total. The maximum absolute atomic E-state index is 12.6. The van der Waals surface area contributed by atoms with E-state index in [9.17, 15) is 26.8 Å². The van der Waals surface area contributed by atoms with Gasteiger partial charge >= 0.3 is 5.76 Å². The van der Waals surface area contributed by atoms with Gasteiger partial charge in [-0.15, -0.1) is 0 Å². The number of hydrogen-bond acceptors (Lipinski definition) is 4. The quantitative estimate of drug-likeness (QED) is 0.692. The molecule has 1 aliphatic rings. The summed E-state index contributed by atoms with van der Waals surface area (Å²) in [5, 5.41) is 5.59. The van der Waals surface area contributed by atoms with Gasteiger partial charge < -0.3 is 10.6 Å². The molecule has 1 saturated carbocycles. The molecule has 0 spiro atoms. The smallest absolute Gasteiger partial charge is 0.341 e. The first-order valence-electron chi connectivity index (χ1n) is 9.57. The van der Waals surface area contributed by atoms with Gasteiger partial charge in [0.15, 0.2) is 0 Å². The number of amides is 2. The summed E-state index contributed by atoms with van der Waals surface area (Å²) in [7, 11) is -4.70. The van der Waals surface area contributed by atoms with E-state index in [2.05, 4.69) is 10.6 Å². The number of sulfone groups is 1. The number of nitrogens with one attached hydrogen (secondary N) is 2. The van der Waals surface area contributed by atoms with E-state index in [0.29, 0.717) is 5.69 Å². The van der Waals surface area contributed by atoms with E-state index < -0.39 is 26.4 Å². The molecular weight excluding hydrogens is 414 g/mol. The summed E-state index contributed by atoms with van der Waals surface area (Å²) >= 11 is 0. The molecule has 0 atom stereocenters. The molecule has 0 aromatic heterocycles. The van der Waals surface area contributed by atoms with Crippen molar-refractivity contribution in [1.29, 1.82) is 0 Å². The SMILES string of the molecule is O=C(NCc1cccc(NC(=O)C2CCCC2)c1)c1ccc(S(=O)(=O)C(F)F)cc1. The minimum absolute atomic E-state index is 0.00697. The fourth-order valence-corrected chi connectivity index (χ4v) is 4.10. The number of hydrogen-bond donors (Lipinski definition) is 2. The molecule has 0 heterocycles. The lowest BCUT2D eigenvalue weighted by atomic mass is 10.1. The first-order valence-corrected chi connectivity index (χ1v) is 11.1. The lowest BCUT2D eigenvalue weighted by Gasteiger charge is -2.12. The van der Waals surface area contributed by atoms with Crippen LogP contribution in [0.15, 0.2) is 53.4 Å². The van der Waals surface area contributed by atoms with Crippen LogP contribution in [0.1, 0.15) is 41.6 Å². The van der Waals surface area contributed by atoms with Crippen molar-refractivity contribution in [3.63, 3.8) is 0 Å². The van der Waals surface area contributed by atoms with Crippen LogP contribution in [-0.2, 0) is 21.2 Å². The number of carbonyl (C=O) groups excluding carboxylic acids is 2. The second-order valence-electron chi connectivity index (χ2n) is 7.18. The van der Waals surface area contributed by atoms with E-state index in [0.717, 1.165) is 43.4 Å². The van der Waals surface area contributed by atoms with E-state index in [1.807, 2.05) is 0 Å². The van der Waals surface area contributed by atoms with Crippen LogP contribution in [-0.4, -0.2) is 26.0 Å². The summed E-state index contributed by atoms with van der Waals surface area (Å²) in [5.41, 5.74) is 1.57. The van der Waals surface area contributed by atoms with Crippen LogP contribution in [0.3, 0.4) is 0 Å². The van der Waals surface area contributed by atoms with E-state index in [1.54, 1.807) is 24.3 Å². The Morgan fingerprint density at radius 3 is 2.33 bits per heavy atom. The first kappa shape index (κ1) is 21.9. The summed E-state index contributed by atoms with van der Waals surface area (Å²) in [4.78, 5) is 24.0. The molecule has 1 aliphatic carbocycles. The molecule has 9 heteroatoms. The molecule has 160 valence electrons. The predicted octanol–water partition coefficient (Wildman–Crippen LogP) is 3.74. The van der Waals surface area contributed by atoms with Crippen molar-refractivity contribution in [3.8, 4) is 0 Å². The number of alkyl halides is 2. The third-order valence-electron chi connectivity index (χ3n) is 5.05. The minimum Gasteiger partial charge on any atom is -0.348 e. The largest absolute Gasteiger partial charge is 0.348 e. The van der Waals surface area contributed by atoms with Crippen LogP contribution in [0, 0.1) is 5.92 Å². The van der Waals surface area contributed by atoms with Gasteiger partial charge in [-0.05, 0) is 54.8 Å². The van der Waals surface area contributed by atoms with Gasteiger partial charge in [-0.1, -0.05) is 25.0 Å². The first-order chi connectivity index (χ1) is 14.3. The van der Waals surface area contributed by atoms with E-state index in [1.165, 1.54) is 12.1 Å². The standard InChI is InChI=1S/C21H22F2N2O4S/c22-21(23)30(28,29)18-10-8-16(9-11-18)19(26)24-13-14-4-3-7-17(12-14)25-20(27)15-5-1-2-6-15/h3-4,7-12,15,21H,1-2,5-6,13H2,(H,24,26)(H,25,27). The highest BCUT2D eigenvalue weighted by atomic mass is 32.2. The lowest BCUT2D eigenvalue weighted by Crippen LogP contribution is -2.23. The Kier molecular flexibility index (Phi) is 6.81. The van der Waals surface area contributed by atoms with E-state index >= 15 is 0 Å². The Morgan fingerprint density at radius 2 is 1.70 bits per heavy atom.